The minimum atomic E-state index is -0.976. The van der Waals surface area contributed by atoms with Crippen LogP contribution >= 0.6 is 0 Å². The van der Waals surface area contributed by atoms with E-state index in [4.69, 9.17) is 5.11 Å². The minimum absolute atomic E-state index is 0.113. The van der Waals surface area contributed by atoms with E-state index in [-0.39, 0.29) is 11.5 Å². The predicted molar refractivity (Wildman–Crippen MR) is 55.8 cm³/mol. The molecule has 1 aromatic heterocycles. The minimum Gasteiger partial charge on any atom is -0.478 e. The van der Waals surface area contributed by atoms with Gasteiger partial charge in [0.15, 0.2) is 0 Å². The summed E-state index contributed by atoms with van der Waals surface area (Å²) < 4.78 is 0. The number of nitrogens with zero attached hydrogens (tertiary/aromatic N) is 2. The number of carbonyl (C=O) groups excluding carboxylic acids is 1. The summed E-state index contributed by atoms with van der Waals surface area (Å²) in [7, 11) is 0. The lowest BCUT2D eigenvalue weighted by Gasteiger charge is -2.14. The Morgan fingerprint density at radius 1 is 1.56 bits per heavy atom. The highest BCUT2D eigenvalue weighted by molar-refractivity contribution is 5.87. The Bertz CT molecular complexity index is 431. The number of likely N-dealkylation sites (tertiary alicyclic amines) is 1. The molecule has 1 amide bonds. The van der Waals surface area contributed by atoms with Crippen molar-refractivity contribution >= 4 is 11.9 Å². The molecule has 1 aliphatic rings. The molecular formula is C11H12N2O3. The quantitative estimate of drug-likeness (QED) is 0.821. The monoisotopic (exact) mass is 220 g/mol. The molecule has 1 N–H and O–H groups in total. The Kier molecular flexibility index (Phi) is 2.85. The molecule has 0 saturated carbocycles. The van der Waals surface area contributed by atoms with Crippen LogP contribution in [0.1, 0.15) is 28.9 Å². The van der Waals surface area contributed by atoms with Gasteiger partial charge in [0.1, 0.15) is 0 Å². The van der Waals surface area contributed by atoms with Crippen LogP contribution in [-0.2, 0) is 11.3 Å². The van der Waals surface area contributed by atoms with Crippen LogP contribution in [0.15, 0.2) is 18.3 Å². The zero-order valence-electron chi connectivity index (χ0n) is 8.72. The van der Waals surface area contributed by atoms with Gasteiger partial charge in [-0.2, -0.15) is 0 Å². The highest BCUT2D eigenvalue weighted by Crippen LogP contribution is 2.13. The zero-order chi connectivity index (χ0) is 11.5. The molecular weight excluding hydrogens is 208 g/mol. The van der Waals surface area contributed by atoms with Crippen LogP contribution in [0.25, 0.3) is 0 Å². The van der Waals surface area contributed by atoms with E-state index in [1.165, 1.54) is 18.3 Å². The van der Waals surface area contributed by atoms with Crippen molar-refractivity contribution in [1.29, 1.82) is 0 Å². The molecule has 0 aliphatic carbocycles. The summed E-state index contributed by atoms with van der Waals surface area (Å²) in [5.41, 5.74) is 0.826. The first kappa shape index (κ1) is 10.6. The van der Waals surface area contributed by atoms with Gasteiger partial charge in [0, 0.05) is 19.2 Å². The third-order valence-corrected chi connectivity index (χ3v) is 2.59. The molecule has 0 bridgehead atoms. The topological polar surface area (TPSA) is 70.5 Å². The molecule has 5 heteroatoms. The van der Waals surface area contributed by atoms with Crippen molar-refractivity contribution in [2.45, 2.75) is 19.4 Å². The molecule has 1 saturated heterocycles. The molecule has 0 spiro atoms. The molecule has 1 fully saturated rings. The van der Waals surface area contributed by atoms with Crippen molar-refractivity contribution in [3.8, 4) is 0 Å². The number of carboxylic acids is 1. The lowest BCUT2D eigenvalue weighted by Crippen LogP contribution is -2.24. The first-order valence-electron chi connectivity index (χ1n) is 5.13. The van der Waals surface area contributed by atoms with Crippen molar-refractivity contribution < 1.29 is 14.7 Å². The maximum absolute atomic E-state index is 11.4. The summed E-state index contributed by atoms with van der Waals surface area (Å²) in [4.78, 5) is 27.9. The van der Waals surface area contributed by atoms with Crippen molar-refractivity contribution in [2.24, 2.45) is 0 Å². The van der Waals surface area contributed by atoms with Crippen LogP contribution in [0.4, 0.5) is 0 Å². The Labute approximate surface area is 92.7 Å². The van der Waals surface area contributed by atoms with E-state index in [0.29, 0.717) is 18.7 Å². The summed E-state index contributed by atoms with van der Waals surface area (Å²) in [6, 6.07) is 2.95. The van der Waals surface area contributed by atoms with Crippen LogP contribution < -0.4 is 0 Å². The van der Waals surface area contributed by atoms with Crippen molar-refractivity contribution in [3.63, 3.8) is 0 Å². The van der Waals surface area contributed by atoms with Gasteiger partial charge in [0.05, 0.1) is 17.8 Å². The van der Waals surface area contributed by atoms with Gasteiger partial charge in [0.2, 0.25) is 5.91 Å². The van der Waals surface area contributed by atoms with Gasteiger partial charge >= 0.3 is 5.97 Å². The Morgan fingerprint density at radius 2 is 2.38 bits per heavy atom. The average Bonchev–Trinajstić information content (AvgIpc) is 2.65. The second-order valence-electron chi connectivity index (χ2n) is 3.76. The standard InChI is InChI=1S/C11H12N2O3/c14-10-2-1-5-13(10)7-9-6-8(11(15)16)3-4-12-9/h3-4,6H,1-2,5,7H2,(H,15,16). The fraction of sp³-hybridized carbons (Fsp3) is 0.364. The van der Waals surface area contributed by atoms with Gasteiger partial charge in [-0.3, -0.25) is 9.78 Å². The fourth-order valence-corrected chi connectivity index (χ4v) is 1.76. The smallest absolute Gasteiger partial charge is 0.335 e. The number of carboxylic acid groups (broad SMARTS) is 1. The third kappa shape index (κ3) is 2.18. The number of aromatic carboxylic acids is 1. The lowest BCUT2D eigenvalue weighted by molar-refractivity contribution is -0.128. The number of aromatic nitrogens is 1. The fourth-order valence-electron chi connectivity index (χ4n) is 1.76. The SMILES string of the molecule is O=C(O)c1ccnc(CN2CCCC2=O)c1. The zero-order valence-corrected chi connectivity index (χ0v) is 8.72. The molecule has 84 valence electrons. The van der Waals surface area contributed by atoms with E-state index in [0.717, 1.165) is 13.0 Å². The van der Waals surface area contributed by atoms with E-state index < -0.39 is 5.97 Å². The molecule has 16 heavy (non-hydrogen) atoms. The predicted octanol–water partition coefficient (Wildman–Crippen LogP) is 0.902. The van der Waals surface area contributed by atoms with Gasteiger partial charge < -0.3 is 10.0 Å². The summed E-state index contributed by atoms with van der Waals surface area (Å²) in [6.45, 7) is 1.14. The molecule has 2 heterocycles. The molecule has 0 atom stereocenters. The number of amides is 1. The first-order chi connectivity index (χ1) is 7.66. The summed E-state index contributed by atoms with van der Waals surface area (Å²) in [5, 5.41) is 8.81. The van der Waals surface area contributed by atoms with Crippen molar-refractivity contribution in [1.82, 2.24) is 9.88 Å². The van der Waals surface area contributed by atoms with Crippen molar-refractivity contribution in [2.75, 3.05) is 6.54 Å². The second-order valence-corrected chi connectivity index (χ2v) is 3.76. The highest BCUT2D eigenvalue weighted by Gasteiger charge is 2.20. The van der Waals surface area contributed by atoms with Crippen LogP contribution in [0.5, 0.6) is 0 Å². The average molecular weight is 220 g/mol. The van der Waals surface area contributed by atoms with Crippen LogP contribution in [-0.4, -0.2) is 33.4 Å². The van der Waals surface area contributed by atoms with E-state index in [9.17, 15) is 9.59 Å². The molecule has 1 aliphatic heterocycles. The van der Waals surface area contributed by atoms with E-state index in [1.807, 2.05) is 0 Å². The van der Waals surface area contributed by atoms with Gasteiger partial charge in [-0.1, -0.05) is 0 Å². The molecule has 0 radical (unpaired) electrons. The van der Waals surface area contributed by atoms with Crippen LogP contribution in [0.2, 0.25) is 0 Å². The van der Waals surface area contributed by atoms with Gasteiger partial charge in [-0.25, -0.2) is 4.79 Å². The first-order valence-corrected chi connectivity index (χ1v) is 5.13. The van der Waals surface area contributed by atoms with Gasteiger partial charge in [-0.05, 0) is 18.6 Å². The van der Waals surface area contributed by atoms with Crippen LogP contribution in [0.3, 0.4) is 0 Å². The van der Waals surface area contributed by atoms with Gasteiger partial charge in [-0.15, -0.1) is 0 Å². The summed E-state index contributed by atoms with van der Waals surface area (Å²) in [6.07, 6.45) is 2.91. The maximum atomic E-state index is 11.4. The Hall–Kier alpha value is -1.91. The third-order valence-electron chi connectivity index (χ3n) is 2.59. The molecule has 5 nitrogen and oxygen atoms in total. The number of carbonyl (C=O) groups is 2. The Morgan fingerprint density at radius 3 is 3.00 bits per heavy atom. The number of pyridine rings is 1. The van der Waals surface area contributed by atoms with E-state index in [1.54, 1.807) is 4.90 Å². The maximum Gasteiger partial charge on any atom is 0.335 e. The number of hydrogen-bond acceptors (Lipinski definition) is 3. The number of hydrogen-bond donors (Lipinski definition) is 1. The molecule has 0 aromatic carbocycles. The Balaban J connectivity index is 2.12. The lowest BCUT2D eigenvalue weighted by atomic mass is 10.2. The summed E-state index contributed by atoms with van der Waals surface area (Å²) >= 11 is 0. The van der Waals surface area contributed by atoms with Gasteiger partial charge in [0.25, 0.3) is 0 Å². The van der Waals surface area contributed by atoms with Crippen LogP contribution in [0, 0.1) is 0 Å². The van der Waals surface area contributed by atoms with E-state index in [2.05, 4.69) is 4.98 Å². The van der Waals surface area contributed by atoms with Crippen molar-refractivity contribution in [3.05, 3.63) is 29.6 Å². The largest absolute Gasteiger partial charge is 0.478 e. The molecule has 0 unspecified atom stereocenters. The normalized spacial score (nSPS) is 15.5. The number of rotatable bonds is 3. The second kappa shape index (κ2) is 4.30. The van der Waals surface area contributed by atoms with E-state index >= 15 is 0 Å². The molecule has 2 rings (SSSR count). The summed E-state index contributed by atoms with van der Waals surface area (Å²) in [5.74, 6) is -0.862. The highest BCUT2D eigenvalue weighted by atomic mass is 16.4. The molecule has 1 aromatic rings.